The second-order valence-electron chi connectivity index (χ2n) is 14.1. The van der Waals surface area contributed by atoms with Crippen LogP contribution in [0.1, 0.15) is 0 Å². The van der Waals surface area contributed by atoms with E-state index in [9.17, 15) is 0 Å². The summed E-state index contributed by atoms with van der Waals surface area (Å²) in [6.07, 6.45) is 0. The zero-order chi connectivity index (χ0) is 36.3. The summed E-state index contributed by atoms with van der Waals surface area (Å²) in [6, 6.07) is 73.4. The summed E-state index contributed by atoms with van der Waals surface area (Å²) in [6.45, 7) is 0. The van der Waals surface area contributed by atoms with Crippen molar-refractivity contribution in [3.05, 3.63) is 200 Å². The van der Waals surface area contributed by atoms with E-state index in [1.54, 1.807) is 0 Å². The molecule has 11 aromatic rings. The van der Waals surface area contributed by atoms with Crippen molar-refractivity contribution in [2.24, 2.45) is 0 Å². The predicted octanol–water partition coefficient (Wildman–Crippen LogP) is 16.0. The van der Waals surface area contributed by atoms with Gasteiger partial charge in [0.2, 0.25) is 0 Å². The van der Waals surface area contributed by atoms with E-state index in [1.807, 2.05) is 22.7 Å². The van der Waals surface area contributed by atoms with E-state index in [4.69, 9.17) is 0 Å². The summed E-state index contributed by atoms with van der Waals surface area (Å²) < 4.78 is 5.24. The van der Waals surface area contributed by atoms with E-state index in [0.717, 1.165) is 11.4 Å². The van der Waals surface area contributed by atoms with Gasteiger partial charge in [-0.05, 0) is 111 Å². The minimum Gasteiger partial charge on any atom is -0.310 e. The molecule has 0 unspecified atom stereocenters. The summed E-state index contributed by atoms with van der Waals surface area (Å²) >= 11 is 3.73. The van der Waals surface area contributed by atoms with Gasteiger partial charge in [-0.3, -0.25) is 0 Å². The molecule has 3 heteroatoms. The first kappa shape index (κ1) is 32.0. The lowest BCUT2D eigenvalue weighted by atomic mass is 9.97. The van der Waals surface area contributed by atoms with Crippen LogP contribution in [0.2, 0.25) is 0 Å². The Morgan fingerprint density at radius 1 is 0.309 bits per heavy atom. The molecule has 0 aliphatic carbocycles. The quantitative estimate of drug-likeness (QED) is 0.164. The van der Waals surface area contributed by atoms with Crippen LogP contribution >= 0.6 is 22.7 Å². The minimum atomic E-state index is 1.12. The van der Waals surface area contributed by atoms with Gasteiger partial charge in [-0.15, -0.1) is 22.7 Å². The highest BCUT2D eigenvalue weighted by atomic mass is 32.1. The van der Waals surface area contributed by atoms with Crippen LogP contribution in [0, 0.1) is 0 Å². The third-order valence-electron chi connectivity index (χ3n) is 10.9. The summed E-state index contributed by atoms with van der Waals surface area (Å²) in [7, 11) is 0. The molecule has 9 aromatic carbocycles. The molecule has 11 rings (SSSR count). The summed E-state index contributed by atoms with van der Waals surface area (Å²) in [4.78, 5) is 2.43. The maximum absolute atomic E-state index is 2.43. The summed E-state index contributed by atoms with van der Waals surface area (Å²) in [5.74, 6) is 0. The van der Waals surface area contributed by atoms with Crippen LogP contribution in [-0.4, -0.2) is 0 Å². The Labute approximate surface area is 327 Å². The molecule has 258 valence electrons. The first-order valence-electron chi connectivity index (χ1n) is 18.7. The van der Waals surface area contributed by atoms with Crippen LogP contribution in [0.3, 0.4) is 0 Å². The zero-order valence-electron chi connectivity index (χ0n) is 29.8. The third kappa shape index (κ3) is 5.51. The van der Waals surface area contributed by atoms with Crippen LogP contribution in [0.5, 0.6) is 0 Å². The lowest BCUT2D eigenvalue weighted by Gasteiger charge is -2.27. The molecular formula is C52H33NS2. The standard InChI is InChI=1S/C52H33NS2/c1-2-11-37-33-40(23-22-34(37)10-1)39-13-7-12-38(32-39)35-24-28-41(29-25-35)53(46-17-9-21-50-52(46)45-15-4-6-19-48(45)55-50)42-30-26-36(27-31-42)43-16-8-20-49-51(43)44-14-3-5-18-47(44)54-49/h1-33H. The molecule has 2 aromatic heterocycles. The fraction of sp³-hybridized carbons (Fsp3) is 0. The van der Waals surface area contributed by atoms with Crippen LogP contribution < -0.4 is 4.90 Å². The Morgan fingerprint density at radius 3 is 1.55 bits per heavy atom. The van der Waals surface area contributed by atoms with Gasteiger partial charge in [-0.1, -0.05) is 133 Å². The number of hydrogen-bond acceptors (Lipinski definition) is 3. The molecule has 0 bridgehead atoms. The fourth-order valence-electron chi connectivity index (χ4n) is 8.22. The highest BCUT2D eigenvalue weighted by molar-refractivity contribution is 7.26. The van der Waals surface area contributed by atoms with E-state index in [1.165, 1.54) is 90.2 Å². The minimum absolute atomic E-state index is 1.12. The Kier molecular flexibility index (Phi) is 7.61. The molecule has 0 spiro atoms. The third-order valence-corrected chi connectivity index (χ3v) is 13.1. The van der Waals surface area contributed by atoms with Gasteiger partial charge in [0.05, 0.1) is 5.69 Å². The van der Waals surface area contributed by atoms with Crippen molar-refractivity contribution in [1.82, 2.24) is 0 Å². The molecule has 2 heterocycles. The topological polar surface area (TPSA) is 3.24 Å². The normalized spacial score (nSPS) is 11.6. The first-order valence-corrected chi connectivity index (χ1v) is 20.3. The van der Waals surface area contributed by atoms with Gasteiger partial charge in [0, 0.05) is 51.7 Å². The zero-order valence-corrected chi connectivity index (χ0v) is 31.4. The van der Waals surface area contributed by atoms with Crippen molar-refractivity contribution in [3.8, 4) is 33.4 Å². The number of fused-ring (bicyclic) bond motifs is 7. The summed E-state index contributed by atoms with van der Waals surface area (Å²) in [5.41, 5.74) is 10.8. The molecule has 0 saturated carbocycles. The molecule has 0 radical (unpaired) electrons. The van der Waals surface area contributed by atoms with Crippen molar-refractivity contribution in [1.29, 1.82) is 0 Å². The molecule has 0 aliphatic rings. The molecule has 0 atom stereocenters. The number of thiophene rings is 2. The maximum Gasteiger partial charge on any atom is 0.0554 e. The lowest BCUT2D eigenvalue weighted by Crippen LogP contribution is -2.10. The first-order chi connectivity index (χ1) is 27.2. The van der Waals surface area contributed by atoms with Crippen molar-refractivity contribution in [2.75, 3.05) is 4.90 Å². The number of hydrogen-bond donors (Lipinski definition) is 0. The van der Waals surface area contributed by atoms with E-state index >= 15 is 0 Å². The number of rotatable bonds is 6. The predicted molar refractivity (Wildman–Crippen MR) is 241 cm³/mol. The van der Waals surface area contributed by atoms with Crippen LogP contribution in [-0.2, 0) is 0 Å². The highest BCUT2D eigenvalue weighted by Gasteiger charge is 2.19. The van der Waals surface area contributed by atoms with E-state index in [0.29, 0.717) is 0 Å². The molecule has 0 saturated heterocycles. The lowest BCUT2D eigenvalue weighted by molar-refractivity contribution is 1.30. The van der Waals surface area contributed by atoms with Crippen molar-refractivity contribution in [3.63, 3.8) is 0 Å². The molecular weight excluding hydrogens is 703 g/mol. The number of nitrogens with zero attached hydrogens (tertiary/aromatic N) is 1. The van der Waals surface area contributed by atoms with E-state index in [-0.39, 0.29) is 0 Å². The Morgan fingerprint density at radius 2 is 0.818 bits per heavy atom. The van der Waals surface area contributed by atoms with Crippen molar-refractivity contribution >= 4 is 90.9 Å². The average molecular weight is 736 g/mol. The second-order valence-corrected chi connectivity index (χ2v) is 16.3. The van der Waals surface area contributed by atoms with E-state index < -0.39 is 0 Å². The van der Waals surface area contributed by atoms with Crippen molar-refractivity contribution < 1.29 is 0 Å². The number of benzene rings is 9. The summed E-state index contributed by atoms with van der Waals surface area (Å²) in [5, 5.41) is 7.75. The molecule has 0 aliphatic heterocycles. The van der Waals surface area contributed by atoms with Gasteiger partial charge in [0.15, 0.2) is 0 Å². The van der Waals surface area contributed by atoms with Crippen LogP contribution in [0.25, 0.3) is 84.5 Å². The Balaban J connectivity index is 1.02. The largest absolute Gasteiger partial charge is 0.310 e. The van der Waals surface area contributed by atoms with Gasteiger partial charge < -0.3 is 4.90 Å². The smallest absolute Gasteiger partial charge is 0.0554 e. The second kappa shape index (κ2) is 13.1. The maximum atomic E-state index is 2.43. The molecule has 0 N–H and O–H groups in total. The number of anilines is 3. The monoisotopic (exact) mass is 735 g/mol. The van der Waals surface area contributed by atoms with Gasteiger partial charge >= 0.3 is 0 Å². The molecule has 0 fully saturated rings. The molecule has 0 amide bonds. The molecule has 1 nitrogen and oxygen atoms in total. The van der Waals surface area contributed by atoms with Gasteiger partial charge in [-0.25, -0.2) is 0 Å². The Bertz CT molecular complexity index is 3200. The van der Waals surface area contributed by atoms with Gasteiger partial charge in [0.25, 0.3) is 0 Å². The van der Waals surface area contributed by atoms with Crippen LogP contribution in [0.15, 0.2) is 200 Å². The molecule has 55 heavy (non-hydrogen) atoms. The average Bonchev–Trinajstić information content (AvgIpc) is 3.83. The van der Waals surface area contributed by atoms with Gasteiger partial charge in [0.1, 0.15) is 0 Å². The highest BCUT2D eigenvalue weighted by Crippen LogP contribution is 2.46. The SMILES string of the molecule is c1cc(-c2ccc(N(c3ccc(-c4cccc5sc6ccccc6c45)cc3)c3cccc4sc5ccccc5c34)cc2)cc(-c2ccc3ccccc3c2)c1. The Hall–Kier alpha value is -6.52. The van der Waals surface area contributed by atoms with Crippen molar-refractivity contribution in [2.45, 2.75) is 0 Å². The van der Waals surface area contributed by atoms with E-state index in [2.05, 4.69) is 205 Å². The van der Waals surface area contributed by atoms with Crippen LogP contribution in [0.4, 0.5) is 17.1 Å². The fourth-order valence-corrected chi connectivity index (χ4v) is 10.5. The van der Waals surface area contributed by atoms with Gasteiger partial charge in [-0.2, -0.15) is 0 Å².